The van der Waals surface area contributed by atoms with Crippen LogP contribution in [0, 0.1) is 0 Å². The summed E-state index contributed by atoms with van der Waals surface area (Å²) in [5.41, 5.74) is 1.77. The molecule has 0 bridgehead atoms. The monoisotopic (exact) mass is 446 g/mol. The van der Waals surface area contributed by atoms with Gasteiger partial charge < -0.3 is 9.47 Å². The van der Waals surface area contributed by atoms with E-state index in [1.807, 2.05) is 61.7 Å². The fourth-order valence-corrected chi connectivity index (χ4v) is 3.44. The highest BCUT2D eigenvalue weighted by Crippen LogP contribution is 2.27. The third-order valence-corrected chi connectivity index (χ3v) is 4.88. The topological polar surface area (TPSA) is 60.5 Å². The molecule has 0 atom stereocenters. The van der Waals surface area contributed by atoms with Crippen LogP contribution in [0.25, 0.3) is 11.3 Å². The molecule has 0 spiro atoms. The molecule has 0 saturated carbocycles. The lowest BCUT2D eigenvalue weighted by atomic mass is 10.2. The van der Waals surface area contributed by atoms with E-state index in [0.29, 0.717) is 10.9 Å². The Balaban J connectivity index is 1.57. The first-order valence-corrected chi connectivity index (χ1v) is 10.1. The fourth-order valence-electron chi connectivity index (χ4n) is 2.30. The molecule has 1 heterocycles. The van der Waals surface area contributed by atoms with Gasteiger partial charge in [0.25, 0.3) is 5.91 Å². The number of para-hydroxylation sites is 1. The summed E-state index contributed by atoms with van der Waals surface area (Å²) < 4.78 is 12.0. The number of amides is 1. The van der Waals surface area contributed by atoms with Gasteiger partial charge in [0.15, 0.2) is 11.7 Å². The summed E-state index contributed by atoms with van der Waals surface area (Å²) in [6.07, 6.45) is 0.135. The maximum absolute atomic E-state index is 12.1. The number of carbonyl (C=O) groups is 1. The van der Waals surface area contributed by atoms with Crippen molar-refractivity contribution < 1.29 is 14.3 Å². The number of carbonyl (C=O) groups excluding carboxylic acids is 1. The molecule has 1 aromatic heterocycles. The molecular weight excluding hydrogens is 428 g/mol. The molecule has 27 heavy (non-hydrogen) atoms. The highest BCUT2D eigenvalue weighted by atomic mass is 79.9. The van der Waals surface area contributed by atoms with Crippen LogP contribution in [-0.2, 0) is 4.79 Å². The van der Waals surface area contributed by atoms with E-state index >= 15 is 0 Å². The molecule has 0 radical (unpaired) electrons. The van der Waals surface area contributed by atoms with Crippen molar-refractivity contribution in [3.63, 3.8) is 0 Å². The maximum atomic E-state index is 12.1. The zero-order valence-corrected chi connectivity index (χ0v) is 17.3. The Morgan fingerprint density at radius 2 is 1.93 bits per heavy atom. The second-order valence-electron chi connectivity index (χ2n) is 6.00. The molecule has 0 aliphatic carbocycles. The van der Waals surface area contributed by atoms with Gasteiger partial charge in [0.1, 0.15) is 11.5 Å². The molecule has 0 fully saturated rings. The predicted molar refractivity (Wildman–Crippen MR) is 112 cm³/mol. The lowest BCUT2D eigenvalue weighted by Gasteiger charge is -2.09. The van der Waals surface area contributed by atoms with Crippen LogP contribution in [0.2, 0.25) is 0 Å². The van der Waals surface area contributed by atoms with Gasteiger partial charge >= 0.3 is 0 Å². The Hall–Kier alpha value is -2.38. The van der Waals surface area contributed by atoms with Gasteiger partial charge in [-0.25, -0.2) is 4.98 Å². The van der Waals surface area contributed by atoms with Gasteiger partial charge in [0, 0.05) is 10.9 Å². The SMILES string of the molecule is CC(C)Oc1ccc(-c2csc(NC(=O)COc3ccccc3Br)n2)cc1. The number of hydrogen-bond donors (Lipinski definition) is 1. The van der Waals surface area contributed by atoms with Crippen LogP contribution in [0.1, 0.15) is 13.8 Å². The maximum Gasteiger partial charge on any atom is 0.264 e. The molecule has 7 heteroatoms. The standard InChI is InChI=1S/C20H19BrN2O3S/c1-13(2)26-15-9-7-14(8-10-15)17-12-27-20(22-17)23-19(24)11-25-18-6-4-3-5-16(18)21/h3-10,12-13H,11H2,1-2H3,(H,22,23,24). The Bertz CT molecular complexity index is 910. The van der Waals surface area contributed by atoms with Crippen molar-refractivity contribution >= 4 is 38.3 Å². The Labute approximate surface area is 170 Å². The second kappa shape index (κ2) is 9.01. The normalized spacial score (nSPS) is 10.7. The third kappa shape index (κ3) is 5.55. The fraction of sp³-hybridized carbons (Fsp3) is 0.200. The van der Waals surface area contributed by atoms with Crippen LogP contribution in [0.3, 0.4) is 0 Å². The van der Waals surface area contributed by atoms with Crippen LogP contribution < -0.4 is 14.8 Å². The summed E-state index contributed by atoms with van der Waals surface area (Å²) in [5, 5.41) is 5.20. The number of rotatable bonds is 7. The second-order valence-corrected chi connectivity index (χ2v) is 7.71. The van der Waals surface area contributed by atoms with E-state index in [-0.39, 0.29) is 18.6 Å². The average molecular weight is 447 g/mol. The number of halogens is 1. The number of benzene rings is 2. The van der Waals surface area contributed by atoms with Gasteiger partial charge in [0.05, 0.1) is 16.3 Å². The van der Waals surface area contributed by atoms with E-state index < -0.39 is 0 Å². The molecule has 0 unspecified atom stereocenters. The quantitative estimate of drug-likeness (QED) is 0.529. The van der Waals surface area contributed by atoms with E-state index in [1.54, 1.807) is 6.07 Å². The van der Waals surface area contributed by atoms with Crippen molar-refractivity contribution in [2.45, 2.75) is 20.0 Å². The number of ether oxygens (including phenoxy) is 2. The lowest BCUT2D eigenvalue weighted by molar-refractivity contribution is -0.118. The minimum absolute atomic E-state index is 0.0846. The van der Waals surface area contributed by atoms with Gasteiger partial charge in [-0.15, -0.1) is 11.3 Å². The molecule has 0 saturated heterocycles. The molecule has 0 aliphatic heterocycles. The summed E-state index contributed by atoms with van der Waals surface area (Å²) >= 11 is 4.76. The van der Waals surface area contributed by atoms with Crippen LogP contribution in [-0.4, -0.2) is 23.6 Å². The molecule has 2 aromatic carbocycles. The Morgan fingerprint density at radius 1 is 1.19 bits per heavy atom. The van der Waals surface area contributed by atoms with Crippen molar-refractivity contribution in [2.24, 2.45) is 0 Å². The van der Waals surface area contributed by atoms with E-state index in [0.717, 1.165) is 21.5 Å². The number of thiazole rings is 1. The van der Waals surface area contributed by atoms with E-state index in [2.05, 4.69) is 26.2 Å². The van der Waals surface area contributed by atoms with Gasteiger partial charge in [0.2, 0.25) is 0 Å². The number of aromatic nitrogens is 1. The summed E-state index contributed by atoms with van der Waals surface area (Å²) in [7, 11) is 0. The molecular formula is C20H19BrN2O3S. The highest BCUT2D eigenvalue weighted by Gasteiger charge is 2.10. The minimum Gasteiger partial charge on any atom is -0.491 e. The summed E-state index contributed by atoms with van der Waals surface area (Å²) in [6.45, 7) is 3.89. The summed E-state index contributed by atoms with van der Waals surface area (Å²) in [4.78, 5) is 16.6. The Morgan fingerprint density at radius 3 is 2.63 bits per heavy atom. The molecule has 3 aromatic rings. The number of anilines is 1. The van der Waals surface area contributed by atoms with Crippen molar-refractivity contribution in [1.29, 1.82) is 0 Å². The van der Waals surface area contributed by atoms with Crippen molar-refractivity contribution in [1.82, 2.24) is 4.98 Å². The van der Waals surface area contributed by atoms with Crippen LogP contribution in [0.4, 0.5) is 5.13 Å². The highest BCUT2D eigenvalue weighted by molar-refractivity contribution is 9.10. The largest absolute Gasteiger partial charge is 0.491 e. The first kappa shape index (κ1) is 19.4. The zero-order chi connectivity index (χ0) is 19.2. The molecule has 3 rings (SSSR count). The summed E-state index contributed by atoms with van der Waals surface area (Å²) in [5.74, 6) is 1.19. The molecule has 5 nitrogen and oxygen atoms in total. The van der Waals surface area contributed by atoms with Crippen molar-refractivity contribution in [3.8, 4) is 22.8 Å². The van der Waals surface area contributed by atoms with E-state index in [9.17, 15) is 4.79 Å². The van der Waals surface area contributed by atoms with Crippen molar-refractivity contribution in [2.75, 3.05) is 11.9 Å². The van der Waals surface area contributed by atoms with Crippen LogP contribution >= 0.6 is 27.3 Å². The smallest absolute Gasteiger partial charge is 0.264 e. The zero-order valence-electron chi connectivity index (χ0n) is 14.9. The van der Waals surface area contributed by atoms with Crippen LogP contribution in [0.15, 0.2) is 58.4 Å². The van der Waals surface area contributed by atoms with E-state index in [1.165, 1.54) is 11.3 Å². The number of nitrogens with zero attached hydrogens (tertiary/aromatic N) is 1. The molecule has 1 amide bonds. The third-order valence-electron chi connectivity index (χ3n) is 3.47. The van der Waals surface area contributed by atoms with Gasteiger partial charge in [-0.1, -0.05) is 12.1 Å². The van der Waals surface area contributed by atoms with Gasteiger partial charge in [-0.2, -0.15) is 0 Å². The minimum atomic E-state index is -0.257. The Kier molecular flexibility index (Phi) is 6.47. The summed E-state index contributed by atoms with van der Waals surface area (Å²) in [6, 6.07) is 15.1. The molecule has 140 valence electrons. The lowest BCUT2D eigenvalue weighted by Crippen LogP contribution is -2.20. The average Bonchev–Trinajstić information content (AvgIpc) is 3.09. The molecule has 0 aliphatic rings. The first-order valence-electron chi connectivity index (χ1n) is 8.41. The van der Waals surface area contributed by atoms with Gasteiger partial charge in [-0.3, -0.25) is 10.1 Å². The number of hydrogen-bond acceptors (Lipinski definition) is 5. The van der Waals surface area contributed by atoms with E-state index in [4.69, 9.17) is 9.47 Å². The van der Waals surface area contributed by atoms with Gasteiger partial charge in [-0.05, 0) is 66.2 Å². The predicted octanol–water partition coefficient (Wildman–Crippen LogP) is 5.38. The van der Waals surface area contributed by atoms with Crippen LogP contribution in [0.5, 0.6) is 11.5 Å². The molecule has 1 N–H and O–H groups in total. The first-order chi connectivity index (χ1) is 13.0. The number of nitrogens with one attached hydrogen (secondary N) is 1. The van der Waals surface area contributed by atoms with Crippen molar-refractivity contribution in [3.05, 3.63) is 58.4 Å².